The highest BCUT2D eigenvalue weighted by Gasteiger charge is 2.22. The normalized spacial score (nSPS) is 10.7. The number of anilines is 1. The SMILES string of the molecule is CC.CCN(CC)c1ccc2c(-c3ccccc3C(=O)O)c3ccc(=[N+](CC)CC)cc-3oc2c1. The van der Waals surface area contributed by atoms with Crippen LogP contribution in [0.1, 0.15) is 51.9 Å². The fraction of sp³-hybridized carbons (Fsp3) is 0.333. The Kier molecular flexibility index (Phi) is 8.69. The Labute approximate surface area is 208 Å². The molecule has 2 aromatic rings. The smallest absolute Gasteiger partial charge is 0.336 e. The molecular weight excluding hydrogens is 436 g/mol. The van der Waals surface area contributed by atoms with Gasteiger partial charge in [-0.25, -0.2) is 9.37 Å². The van der Waals surface area contributed by atoms with E-state index >= 15 is 0 Å². The van der Waals surface area contributed by atoms with Crippen LogP contribution in [0.2, 0.25) is 0 Å². The number of hydrogen-bond donors (Lipinski definition) is 1. The number of fused-ring (bicyclic) bond motifs is 2. The molecule has 0 spiro atoms. The van der Waals surface area contributed by atoms with E-state index in [0.717, 1.165) is 65.1 Å². The van der Waals surface area contributed by atoms with Crippen LogP contribution >= 0.6 is 0 Å². The number of benzene rings is 3. The zero-order chi connectivity index (χ0) is 25.5. The molecule has 1 aliphatic heterocycles. The van der Waals surface area contributed by atoms with Crippen molar-refractivity contribution in [2.45, 2.75) is 41.5 Å². The molecule has 0 atom stereocenters. The maximum Gasteiger partial charge on any atom is 0.336 e. The van der Waals surface area contributed by atoms with Gasteiger partial charge in [0, 0.05) is 47.4 Å². The molecule has 0 radical (unpaired) electrons. The van der Waals surface area contributed by atoms with E-state index in [1.165, 1.54) is 0 Å². The molecule has 0 unspecified atom stereocenters. The maximum absolute atomic E-state index is 12.1. The van der Waals surface area contributed by atoms with Gasteiger partial charge in [-0.1, -0.05) is 32.0 Å². The molecule has 2 aromatic carbocycles. The molecule has 5 nitrogen and oxygen atoms in total. The molecule has 1 heterocycles. The summed E-state index contributed by atoms with van der Waals surface area (Å²) in [6.45, 7) is 16.1. The summed E-state index contributed by atoms with van der Waals surface area (Å²) in [6.07, 6.45) is 0. The van der Waals surface area contributed by atoms with E-state index in [1.54, 1.807) is 12.1 Å². The van der Waals surface area contributed by atoms with Gasteiger partial charge in [0.1, 0.15) is 24.4 Å². The summed E-state index contributed by atoms with van der Waals surface area (Å²) in [4.78, 5) is 14.3. The van der Waals surface area contributed by atoms with Crippen molar-refractivity contribution in [2.75, 3.05) is 31.1 Å². The minimum Gasteiger partial charge on any atom is -0.478 e. The molecule has 35 heavy (non-hydrogen) atoms. The summed E-state index contributed by atoms with van der Waals surface area (Å²) in [7, 11) is 0. The highest BCUT2D eigenvalue weighted by atomic mass is 16.4. The van der Waals surface area contributed by atoms with E-state index in [0.29, 0.717) is 5.56 Å². The number of carboxylic acids is 1. The van der Waals surface area contributed by atoms with Gasteiger partial charge in [-0.3, -0.25) is 0 Å². The van der Waals surface area contributed by atoms with Crippen molar-refractivity contribution in [3.63, 3.8) is 0 Å². The summed E-state index contributed by atoms with van der Waals surface area (Å²) < 4.78 is 8.74. The van der Waals surface area contributed by atoms with Gasteiger partial charge >= 0.3 is 5.97 Å². The second-order valence-electron chi connectivity index (χ2n) is 8.03. The Bertz CT molecular complexity index is 1340. The predicted octanol–water partition coefficient (Wildman–Crippen LogP) is 6.59. The Balaban J connectivity index is 0.00000167. The molecule has 184 valence electrons. The number of carbonyl (C=O) groups is 1. The molecule has 1 N–H and O–H groups in total. The standard InChI is InChI=1S/C28H30N2O3.C2H6/c1-5-29(6-2)19-13-15-23-25(17-19)33-26-18-20(30(7-3)8-4)14-16-24(26)27(23)21-11-9-10-12-22(21)28(31)32;1-2/h9-18H,5-8H2,1-4H3;1-2H3/p+1. The Morgan fingerprint density at radius 1 is 0.886 bits per heavy atom. The molecule has 4 rings (SSSR count). The summed E-state index contributed by atoms with van der Waals surface area (Å²) in [5.74, 6) is -0.189. The zero-order valence-electron chi connectivity index (χ0n) is 21.8. The summed E-state index contributed by atoms with van der Waals surface area (Å²) in [5.41, 5.74) is 4.62. The van der Waals surface area contributed by atoms with Crippen LogP contribution < -0.4 is 14.8 Å². The van der Waals surface area contributed by atoms with E-state index in [1.807, 2.05) is 26.0 Å². The lowest BCUT2D eigenvalue weighted by Crippen LogP contribution is -2.29. The van der Waals surface area contributed by atoms with Gasteiger partial charge in [0.05, 0.1) is 11.6 Å². The fourth-order valence-corrected chi connectivity index (χ4v) is 4.62. The molecule has 5 heteroatoms. The molecule has 2 aliphatic rings. The number of rotatable bonds is 7. The summed E-state index contributed by atoms with van der Waals surface area (Å²) >= 11 is 0. The van der Waals surface area contributed by atoms with Crippen molar-refractivity contribution in [1.29, 1.82) is 0 Å². The van der Waals surface area contributed by atoms with Gasteiger partial charge in [-0.15, -0.1) is 0 Å². The van der Waals surface area contributed by atoms with E-state index in [4.69, 9.17) is 4.42 Å². The van der Waals surface area contributed by atoms with E-state index in [9.17, 15) is 9.90 Å². The largest absolute Gasteiger partial charge is 0.478 e. The van der Waals surface area contributed by atoms with Crippen molar-refractivity contribution in [3.8, 4) is 22.5 Å². The first-order valence-electron chi connectivity index (χ1n) is 12.7. The number of nitrogens with zero attached hydrogens (tertiary/aromatic N) is 2. The summed E-state index contributed by atoms with van der Waals surface area (Å²) in [5, 5.41) is 11.9. The van der Waals surface area contributed by atoms with Gasteiger partial charge in [0.25, 0.3) is 0 Å². The highest BCUT2D eigenvalue weighted by molar-refractivity contribution is 6.07. The quantitative estimate of drug-likeness (QED) is 0.243. The van der Waals surface area contributed by atoms with Crippen molar-refractivity contribution in [3.05, 3.63) is 71.6 Å². The van der Waals surface area contributed by atoms with E-state index in [2.05, 4.69) is 73.6 Å². The third-order valence-electron chi connectivity index (χ3n) is 6.37. The number of aromatic carboxylic acids is 1. The molecule has 0 bridgehead atoms. The van der Waals surface area contributed by atoms with Crippen LogP contribution in [0.5, 0.6) is 0 Å². The van der Waals surface area contributed by atoms with Crippen LogP contribution in [-0.4, -0.2) is 37.3 Å². The molecule has 0 amide bonds. The molecule has 1 aliphatic carbocycles. The van der Waals surface area contributed by atoms with Crippen LogP contribution in [0, 0.1) is 0 Å². The van der Waals surface area contributed by atoms with Gasteiger partial charge in [0.15, 0.2) is 0 Å². The van der Waals surface area contributed by atoms with Crippen LogP contribution in [0.25, 0.3) is 33.4 Å². The van der Waals surface area contributed by atoms with Crippen molar-refractivity contribution in [2.24, 2.45) is 0 Å². The lowest BCUT2D eigenvalue weighted by atomic mass is 9.90. The summed E-state index contributed by atoms with van der Waals surface area (Å²) in [6, 6.07) is 19.6. The Hall–Kier alpha value is -3.60. The average Bonchev–Trinajstić information content (AvgIpc) is 2.89. The minimum atomic E-state index is -0.938. The molecule has 0 fully saturated rings. The third-order valence-corrected chi connectivity index (χ3v) is 6.37. The first kappa shape index (κ1) is 26.0. The van der Waals surface area contributed by atoms with Gasteiger partial charge in [-0.05, 0) is 57.5 Å². The molecule has 0 aromatic heterocycles. The number of carboxylic acid groups (broad SMARTS) is 1. The monoisotopic (exact) mass is 473 g/mol. The van der Waals surface area contributed by atoms with Gasteiger partial charge in [0.2, 0.25) is 5.36 Å². The lowest BCUT2D eigenvalue weighted by molar-refractivity contribution is 0.0697. The Morgan fingerprint density at radius 3 is 2.20 bits per heavy atom. The van der Waals surface area contributed by atoms with E-state index < -0.39 is 5.97 Å². The van der Waals surface area contributed by atoms with Gasteiger partial charge in [-0.2, -0.15) is 0 Å². The van der Waals surface area contributed by atoms with Crippen LogP contribution in [0.3, 0.4) is 0 Å². The zero-order valence-corrected chi connectivity index (χ0v) is 21.8. The van der Waals surface area contributed by atoms with Crippen LogP contribution in [0.15, 0.2) is 65.1 Å². The van der Waals surface area contributed by atoms with Crippen molar-refractivity contribution < 1.29 is 14.3 Å². The van der Waals surface area contributed by atoms with Gasteiger partial charge < -0.3 is 14.4 Å². The predicted molar refractivity (Wildman–Crippen MR) is 146 cm³/mol. The third kappa shape index (κ3) is 5.09. The van der Waals surface area contributed by atoms with Crippen molar-refractivity contribution >= 4 is 22.6 Å². The maximum atomic E-state index is 12.1. The van der Waals surface area contributed by atoms with E-state index in [-0.39, 0.29) is 5.56 Å². The minimum absolute atomic E-state index is 0.284. The highest BCUT2D eigenvalue weighted by Crippen LogP contribution is 2.42. The second kappa shape index (κ2) is 11.7. The molecule has 0 saturated heterocycles. The first-order chi connectivity index (χ1) is 17.0. The topological polar surface area (TPSA) is 56.7 Å². The average molecular weight is 474 g/mol. The second-order valence-corrected chi connectivity index (χ2v) is 8.03. The van der Waals surface area contributed by atoms with Crippen LogP contribution in [0.4, 0.5) is 5.69 Å². The van der Waals surface area contributed by atoms with Crippen molar-refractivity contribution in [1.82, 2.24) is 4.58 Å². The number of hydrogen-bond acceptors (Lipinski definition) is 3. The molecular formula is C30H37N2O3+. The fourth-order valence-electron chi connectivity index (χ4n) is 4.62. The first-order valence-corrected chi connectivity index (χ1v) is 12.7. The van der Waals surface area contributed by atoms with Crippen LogP contribution in [-0.2, 0) is 0 Å². The lowest BCUT2D eigenvalue weighted by Gasteiger charge is -2.22. The molecule has 0 saturated carbocycles. The Morgan fingerprint density at radius 2 is 1.57 bits per heavy atom.